The summed E-state index contributed by atoms with van der Waals surface area (Å²) in [4.78, 5) is 0. The number of hydrogen-bond donors (Lipinski definition) is 2. The molecule has 1 heterocycles. The molecule has 0 aliphatic heterocycles. The Kier molecular flexibility index (Phi) is 5.22. The maximum absolute atomic E-state index is 4.12. The molecule has 1 aromatic rings. The van der Waals surface area contributed by atoms with Crippen LogP contribution >= 0.6 is 0 Å². The lowest BCUT2D eigenvalue weighted by Crippen LogP contribution is -2.22. The van der Waals surface area contributed by atoms with Gasteiger partial charge in [-0.1, -0.05) is 26.7 Å². The fourth-order valence-corrected chi connectivity index (χ4v) is 1.46. The Balaban J connectivity index is 2.44. The van der Waals surface area contributed by atoms with Crippen LogP contribution in [0.5, 0.6) is 0 Å². The van der Waals surface area contributed by atoms with E-state index >= 15 is 0 Å². The number of nitrogens with one attached hydrogen (secondary N) is 2. The van der Waals surface area contributed by atoms with E-state index in [9.17, 15) is 0 Å². The van der Waals surface area contributed by atoms with Crippen LogP contribution in [0.2, 0.25) is 0 Å². The van der Waals surface area contributed by atoms with Gasteiger partial charge in [0.2, 0.25) is 0 Å². The maximum atomic E-state index is 4.12. The van der Waals surface area contributed by atoms with Gasteiger partial charge >= 0.3 is 0 Å². The van der Waals surface area contributed by atoms with Crippen LogP contribution in [0.25, 0.3) is 0 Å². The van der Waals surface area contributed by atoms with Crippen LogP contribution in [0.15, 0.2) is 6.20 Å². The molecule has 0 aliphatic carbocycles. The summed E-state index contributed by atoms with van der Waals surface area (Å²) in [5, 5.41) is 14.1. The monoisotopic (exact) mass is 196 g/mol. The zero-order valence-electron chi connectivity index (χ0n) is 9.08. The molecule has 4 heteroatoms. The second-order valence-corrected chi connectivity index (χ2v) is 3.54. The quantitative estimate of drug-likeness (QED) is 0.701. The molecular formula is C10H20N4. The van der Waals surface area contributed by atoms with Crippen molar-refractivity contribution in [1.82, 2.24) is 20.7 Å². The topological polar surface area (TPSA) is 53.6 Å². The molecule has 0 spiro atoms. The number of aromatic nitrogens is 3. The molecule has 0 bridgehead atoms. The lowest BCUT2D eigenvalue weighted by atomic mass is 10.1. The molecule has 0 aliphatic rings. The first-order valence-corrected chi connectivity index (χ1v) is 5.47. The van der Waals surface area contributed by atoms with Crippen molar-refractivity contribution in [3.8, 4) is 0 Å². The summed E-state index contributed by atoms with van der Waals surface area (Å²) in [5.41, 5.74) is 1.03. The smallest absolute Gasteiger partial charge is 0.0993 e. The number of aromatic amines is 1. The number of H-pyrrole nitrogens is 1. The van der Waals surface area contributed by atoms with E-state index in [1.807, 2.05) is 6.20 Å². The molecule has 4 nitrogen and oxygen atoms in total. The average Bonchev–Trinajstić information content (AvgIpc) is 2.71. The number of nitrogens with zero attached hydrogens (tertiary/aromatic N) is 2. The Morgan fingerprint density at radius 1 is 1.43 bits per heavy atom. The van der Waals surface area contributed by atoms with E-state index in [4.69, 9.17) is 0 Å². The lowest BCUT2D eigenvalue weighted by molar-refractivity contribution is 0.471. The van der Waals surface area contributed by atoms with Crippen molar-refractivity contribution in [3.63, 3.8) is 0 Å². The highest BCUT2D eigenvalue weighted by Gasteiger charge is 2.11. The van der Waals surface area contributed by atoms with Gasteiger partial charge in [0.05, 0.1) is 17.9 Å². The van der Waals surface area contributed by atoms with Gasteiger partial charge in [-0.25, -0.2) is 0 Å². The number of hydrogen-bond acceptors (Lipinski definition) is 3. The average molecular weight is 196 g/mol. The summed E-state index contributed by atoms with van der Waals surface area (Å²) in [5.74, 6) is 0. The Morgan fingerprint density at radius 2 is 2.29 bits per heavy atom. The van der Waals surface area contributed by atoms with Gasteiger partial charge < -0.3 is 5.32 Å². The molecule has 0 amide bonds. The molecule has 2 N–H and O–H groups in total. The summed E-state index contributed by atoms with van der Waals surface area (Å²) in [6.07, 6.45) is 6.56. The molecule has 0 aromatic carbocycles. The van der Waals surface area contributed by atoms with Crippen LogP contribution in [0.4, 0.5) is 0 Å². The molecule has 0 saturated heterocycles. The van der Waals surface area contributed by atoms with E-state index in [1.54, 1.807) is 0 Å². The SMILES string of the molecule is CCCCC(NCCC)c1cn[nH]n1. The highest BCUT2D eigenvalue weighted by molar-refractivity contribution is 4.99. The van der Waals surface area contributed by atoms with Gasteiger partial charge in [-0.3, -0.25) is 0 Å². The predicted octanol–water partition coefficient (Wildman–Crippen LogP) is 2.04. The van der Waals surface area contributed by atoms with Gasteiger partial charge in [-0.15, -0.1) is 0 Å². The van der Waals surface area contributed by atoms with Crippen LogP contribution in [0.1, 0.15) is 51.3 Å². The highest BCUT2D eigenvalue weighted by atomic mass is 15.3. The van der Waals surface area contributed by atoms with E-state index in [2.05, 4.69) is 34.6 Å². The predicted molar refractivity (Wildman–Crippen MR) is 56.9 cm³/mol. The minimum atomic E-state index is 0.369. The molecule has 0 fully saturated rings. The second-order valence-electron chi connectivity index (χ2n) is 3.54. The molecule has 14 heavy (non-hydrogen) atoms. The minimum absolute atomic E-state index is 0.369. The first-order chi connectivity index (χ1) is 6.88. The van der Waals surface area contributed by atoms with E-state index in [0.29, 0.717) is 6.04 Å². The molecule has 0 radical (unpaired) electrons. The van der Waals surface area contributed by atoms with Crippen molar-refractivity contribution in [3.05, 3.63) is 11.9 Å². The Morgan fingerprint density at radius 3 is 2.86 bits per heavy atom. The third-order valence-corrected chi connectivity index (χ3v) is 2.28. The van der Waals surface area contributed by atoms with Gasteiger partial charge in [-0.05, 0) is 19.4 Å². The van der Waals surface area contributed by atoms with E-state index in [1.165, 1.54) is 12.8 Å². The summed E-state index contributed by atoms with van der Waals surface area (Å²) in [6.45, 7) is 5.42. The normalized spacial score (nSPS) is 13.0. The maximum Gasteiger partial charge on any atom is 0.0993 e. The van der Waals surface area contributed by atoms with Crippen molar-refractivity contribution >= 4 is 0 Å². The Labute approximate surface area is 85.5 Å². The standard InChI is InChI=1S/C10H20N4/c1-3-5-6-9(11-7-4-2)10-8-12-14-13-10/h8-9,11H,3-7H2,1-2H3,(H,12,13,14). The fourth-order valence-electron chi connectivity index (χ4n) is 1.46. The van der Waals surface area contributed by atoms with Gasteiger partial charge in [0.15, 0.2) is 0 Å². The highest BCUT2D eigenvalue weighted by Crippen LogP contribution is 2.15. The summed E-state index contributed by atoms with van der Waals surface area (Å²) >= 11 is 0. The molecule has 1 atom stereocenters. The molecule has 1 rings (SSSR count). The number of unbranched alkanes of at least 4 members (excludes halogenated alkanes) is 1. The summed E-state index contributed by atoms with van der Waals surface area (Å²) < 4.78 is 0. The summed E-state index contributed by atoms with van der Waals surface area (Å²) in [7, 11) is 0. The van der Waals surface area contributed by atoms with E-state index in [-0.39, 0.29) is 0 Å². The van der Waals surface area contributed by atoms with Crippen LogP contribution in [0, 0.1) is 0 Å². The molecule has 1 unspecified atom stereocenters. The lowest BCUT2D eigenvalue weighted by Gasteiger charge is -2.14. The van der Waals surface area contributed by atoms with Gasteiger partial charge in [0.25, 0.3) is 0 Å². The third-order valence-electron chi connectivity index (χ3n) is 2.28. The van der Waals surface area contributed by atoms with Crippen LogP contribution < -0.4 is 5.32 Å². The van der Waals surface area contributed by atoms with Crippen LogP contribution in [-0.4, -0.2) is 22.0 Å². The zero-order valence-corrected chi connectivity index (χ0v) is 9.08. The van der Waals surface area contributed by atoms with E-state index in [0.717, 1.165) is 25.1 Å². The van der Waals surface area contributed by atoms with Crippen LogP contribution in [0.3, 0.4) is 0 Å². The Bertz CT molecular complexity index is 212. The van der Waals surface area contributed by atoms with Crippen molar-refractivity contribution in [1.29, 1.82) is 0 Å². The first-order valence-electron chi connectivity index (χ1n) is 5.47. The van der Waals surface area contributed by atoms with Crippen molar-refractivity contribution < 1.29 is 0 Å². The second kappa shape index (κ2) is 6.54. The van der Waals surface area contributed by atoms with E-state index < -0.39 is 0 Å². The van der Waals surface area contributed by atoms with Gasteiger partial charge in [-0.2, -0.15) is 15.4 Å². The van der Waals surface area contributed by atoms with Gasteiger partial charge in [0.1, 0.15) is 0 Å². The van der Waals surface area contributed by atoms with Crippen LogP contribution in [-0.2, 0) is 0 Å². The zero-order chi connectivity index (χ0) is 10.2. The number of rotatable bonds is 7. The molecule has 80 valence electrons. The van der Waals surface area contributed by atoms with Crippen molar-refractivity contribution in [2.45, 2.75) is 45.6 Å². The molecule has 0 saturated carbocycles. The van der Waals surface area contributed by atoms with Crippen molar-refractivity contribution in [2.75, 3.05) is 6.54 Å². The minimum Gasteiger partial charge on any atom is -0.309 e. The third kappa shape index (κ3) is 3.46. The summed E-state index contributed by atoms with van der Waals surface area (Å²) in [6, 6.07) is 0.369. The largest absolute Gasteiger partial charge is 0.309 e. The Hall–Kier alpha value is -0.900. The molecule has 1 aromatic heterocycles. The van der Waals surface area contributed by atoms with Crippen molar-refractivity contribution in [2.24, 2.45) is 0 Å². The van der Waals surface area contributed by atoms with Gasteiger partial charge in [0, 0.05) is 0 Å². The molecular weight excluding hydrogens is 176 g/mol. The fraction of sp³-hybridized carbons (Fsp3) is 0.800. The first kappa shape index (κ1) is 11.2.